The van der Waals surface area contributed by atoms with Gasteiger partial charge in [-0.25, -0.2) is 13.1 Å². The van der Waals surface area contributed by atoms with Crippen molar-refractivity contribution >= 4 is 31.6 Å². The molecule has 0 aliphatic carbocycles. The third-order valence-corrected chi connectivity index (χ3v) is 5.11. The van der Waals surface area contributed by atoms with Gasteiger partial charge < -0.3 is 10.6 Å². The highest BCUT2D eigenvalue weighted by molar-refractivity contribution is 9.10. The number of nitrogens with zero attached hydrogens (tertiary/aromatic N) is 1. The SMILES string of the molecule is CC(CNS(=O)(=O)c1cc(N)ccc1Br)N(C)C. The molecule has 0 amide bonds. The van der Waals surface area contributed by atoms with Crippen LogP contribution in [-0.4, -0.2) is 40.0 Å². The molecule has 0 aromatic heterocycles. The Labute approximate surface area is 117 Å². The molecule has 0 spiro atoms. The zero-order chi connectivity index (χ0) is 13.9. The van der Waals surface area contributed by atoms with Crippen LogP contribution in [0, 0.1) is 0 Å². The van der Waals surface area contributed by atoms with Gasteiger partial charge in [-0.3, -0.25) is 0 Å². The van der Waals surface area contributed by atoms with Gasteiger partial charge in [-0.15, -0.1) is 0 Å². The molecule has 18 heavy (non-hydrogen) atoms. The molecule has 0 saturated carbocycles. The molecule has 0 bridgehead atoms. The van der Waals surface area contributed by atoms with Gasteiger partial charge in [0.2, 0.25) is 10.0 Å². The van der Waals surface area contributed by atoms with Gasteiger partial charge in [0, 0.05) is 22.7 Å². The maximum absolute atomic E-state index is 12.1. The molecule has 5 nitrogen and oxygen atoms in total. The minimum absolute atomic E-state index is 0.111. The molecule has 1 aromatic carbocycles. The minimum Gasteiger partial charge on any atom is -0.399 e. The van der Waals surface area contributed by atoms with Crippen molar-refractivity contribution < 1.29 is 8.42 Å². The average molecular weight is 336 g/mol. The highest BCUT2D eigenvalue weighted by Gasteiger charge is 2.19. The standard InChI is InChI=1S/C11H18BrN3O2S/c1-8(15(2)3)7-14-18(16,17)11-6-9(13)4-5-10(11)12/h4-6,8,14H,7,13H2,1-3H3. The second-order valence-corrected chi connectivity index (χ2v) is 6.94. The molecule has 3 N–H and O–H groups in total. The van der Waals surface area contributed by atoms with E-state index in [1.54, 1.807) is 12.1 Å². The third kappa shape index (κ3) is 3.94. The number of likely N-dealkylation sites (N-methyl/N-ethyl adjacent to an activating group) is 1. The van der Waals surface area contributed by atoms with Gasteiger partial charge in [-0.05, 0) is 55.1 Å². The first-order chi connectivity index (χ1) is 8.24. The molecule has 1 atom stereocenters. The highest BCUT2D eigenvalue weighted by Crippen LogP contribution is 2.23. The number of benzene rings is 1. The molecule has 0 saturated heterocycles. The fraction of sp³-hybridized carbons (Fsp3) is 0.455. The number of anilines is 1. The lowest BCUT2D eigenvalue weighted by atomic mass is 10.3. The normalized spacial score (nSPS) is 13.8. The third-order valence-electron chi connectivity index (χ3n) is 2.70. The number of hydrogen-bond donors (Lipinski definition) is 2. The summed E-state index contributed by atoms with van der Waals surface area (Å²) in [6, 6.07) is 4.82. The van der Waals surface area contributed by atoms with Gasteiger partial charge in [0.05, 0.1) is 4.90 Å². The quantitative estimate of drug-likeness (QED) is 0.794. The van der Waals surface area contributed by atoms with E-state index in [0.717, 1.165) is 0 Å². The zero-order valence-electron chi connectivity index (χ0n) is 10.6. The van der Waals surface area contributed by atoms with E-state index in [1.165, 1.54) is 6.07 Å². The topological polar surface area (TPSA) is 75.4 Å². The van der Waals surface area contributed by atoms with Crippen molar-refractivity contribution in [2.75, 3.05) is 26.4 Å². The summed E-state index contributed by atoms with van der Waals surface area (Å²) in [6.07, 6.45) is 0. The van der Waals surface area contributed by atoms with Gasteiger partial charge in [-0.1, -0.05) is 0 Å². The Balaban J connectivity index is 2.90. The molecule has 1 rings (SSSR count). The van der Waals surface area contributed by atoms with Crippen LogP contribution >= 0.6 is 15.9 Å². The summed E-state index contributed by atoms with van der Waals surface area (Å²) in [7, 11) is 0.251. The predicted molar refractivity (Wildman–Crippen MR) is 76.9 cm³/mol. The molecular weight excluding hydrogens is 318 g/mol. The lowest BCUT2D eigenvalue weighted by Crippen LogP contribution is -2.38. The summed E-state index contributed by atoms with van der Waals surface area (Å²) in [6.45, 7) is 2.29. The number of rotatable bonds is 5. The molecule has 1 aromatic rings. The van der Waals surface area contributed by atoms with Crippen LogP contribution in [0.2, 0.25) is 0 Å². The number of nitrogen functional groups attached to an aromatic ring is 1. The van der Waals surface area contributed by atoms with Crippen molar-refractivity contribution in [1.82, 2.24) is 9.62 Å². The Hall–Kier alpha value is -0.630. The van der Waals surface area contributed by atoms with Crippen LogP contribution in [0.4, 0.5) is 5.69 Å². The zero-order valence-corrected chi connectivity index (χ0v) is 13.0. The largest absolute Gasteiger partial charge is 0.399 e. The first-order valence-electron chi connectivity index (χ1n) is 5.45. The van der Waals surface area contributed by atoms with Gasteiger partial charge in [0.15, 0.2) is 0 Å². The van der Waals surface area contributed by atoms with Gasteiger partial charge in [0.1, 0.15) is 0 Å². The van der Waals surface area contributed by atoms with E-state index in [1.807, 2.05) is 25.9 Å². The van der Waals surface area contributed by atoms with Crippen molar-refractivity contribution in [1.29, 1.82) is 0 Å². The van der Waals surface area contributed by atoms with Crippen molar-refractivity contribution in [3.63, 3.8) is 0 Å². The van der Waals surface area contributed by atoms with Crippen molar-refractivity contribution in [2.45, 2.75) is 17.9 Å². The van der Waals surface area contributed by atoms with Crippen molar-refractivity contribution in [2.24, 2.45) is 0 Å². The molecule has 0 fully saturated rings. The molecule has 1 unspecified atom stereocenters. The molecule has 0 aliphatic heterocycles. The van der Waals surface area contributed by atoms with Crippen molar-refractivity contribution in [3.05, 3.63) is 22.7 Å². The second kappa shape index (κ2) is 6.01. The molecule has 0 aliphatic rings. The van der Waals surface area contributed by atoms with Crippen LogP contribution in [0.3, 0.4) is 0 Å². The fourth-order valence-corrected chi connectivity index (χ4v) is 3.33. The van der Waals surface area contributed by atoms with E-state index in [0.29, 0.717) is 16.7 Å². The fourth-order valence-electron chi connectivity index (χ4n) is 1.22. The number of hydrogen-bond acceptors (Lipinski definition) is 4. The Morgan fingerprint density at radius 3 is 2.61 bits per heavy atom. The van der Waals surface area contributed by atoms with E-state index in [-0.39, 0.29) is 10.9 Å². The molecule has 102 valence electrons. The average Bonchev–Trinajstić information content (AvgIpc) is 2.29. The van der Waals surface area contributed by atoms with E-state index in [9.17, 15) is 8.42 Å². The van der Waals surface area contributed by atoms with Gasteiger partial charge in [0.25, 0.3) is 0 Å². The van der Waals surface area contributed by atoms with Crippen molar-refractivity contribution in [3.8, 4) is 0 Å². The van der Waals surface area contributed by atoms with Crippen LogP contribution in [-0.2, 0) is 10.0 Å². The van der Waals surface area contributed by atoms with Crippen LogP contribution < -0.4 is 10.5 Å². The smallest absolute Gasteiger partial charge is 0.241 e. The summed E-state index contributed by atoms with van der Waals surface area (Å²) < 4.78 is 27.3. The summed E-state index contributed by atoms with van der Waals surface area (Å²) in [5.41, 5.74) is 6.02. The first kappa shape index (κ1) is 15.4. The number of nitrogens with two attached hydrogens (primary N) is 1. The number of halogens is 1. The monoisotopic (exact) mass is 335 g/mol. The number of sulfonamides is 1. The van der Waals surface area contributed by atoms with Crippen LogP contribution in [0.15, 0.2) is 27.6 Å². The Bertz CT molecular complexity index is 517. The maximum Gasteiger partial charge on any atom is 0.241 e. The molecule has 0 radical (unpaired) electrons. The summed E-state index contributed by atoms with van der Waals surface area (Å²) >= 11 is 3.22. The molecule has 7 heteroatoms. The van der Waals surface area contributed by atoms with E-state index < -0.39 is 10.0 Å². The maximum atomic E-state index is 12.1. The van der Waals surface area contributed by atoms with Crippen LogP contribution in [0.25, 0.3) is 0 Å². The molecular formula is C11H18BrN3O2S. The van der Waals surface area contributed by atoms with Crippen LogP contribution in [0.5, 0.6) is 0 Å². The highest BCUT2D eigenvalue weighted by atomic mass is 79.9. The van der Waals surface area contributed by atoms with E-state index >= 15 is 0 Å². The second-order valence-electron chi connectivity index (χ2n) is 4.35. The number of nitrogens with one attached hydrogen (secondary N) is 1. The Kier molecular flexibility index (Phi) is 5.15. The van der Waals surface area contributed by atoms with Crippen LogP contribution in [0.1, 0.15) is 6.92 Å². The lowest BCUT2D eigenvalue weighted by Gasteiger charge is -2.20. The Morgan fingerprint density at radius 2 is 2.06 bits per heavy atom. The van der Waals surface area contributed by atoms with E-state index in [4.69, 9.17) is 5.73 Å². The van der Waals surface area contributed by atoms with Gasteiger partial charge >= 0.3 is 0 Å². The summed E-state index contributed by atoms with van der Waals surface area (Å²) in [5.74, 6) is 0. The Morgan fingerprint density at radius 1 is 1.44 bits per heavy atom. The summed E-state index contributed by atoms with van der Waals surface area (Å²) in [5, 5.41) is 0. The lowest BCUT2D eigenvalue weighted by molar-refractivity contribution is 0.314. The van der Waals surface area contributed by atoms with Gasteiger partial charge in [-0.2, -0.15) is 0 Å². The summed E-state index contributed by atoms with van der Waals surface area (Å²) in [4.78, 5) is 2.10. The predicted octanol–water partition coefficient (Wildman–Crippen LogP) is 1.26. The first-order valence-corrected chi connectivity index (χ1v) is 7.73. The minimum atomic E-state index is -3.55. The molecule has 0 heterocycles. The van der Waals surface area contributed by atoms with E-state index in [2.05, 4.69) is 20.7 Å².